The Kier molecular flexibility index (Phi) is 7.42. The molecule has 8 heteroatoms. The van der Waals surface area contributed by atoms with Crippen molar-refractivity contribution in [2.24, 2.45) is 4.99 Å². The number of rotatable bonds is 8. The second kappa shape index (κ2) is 10.0. The van der Waals surface area contributed by atoms with Crippen molar-refractivity contribution in [1.82, 2.24) is 10.6 Å². The summed E-state index contributed by atoms with van der Waals surface area (Å²) in [5, 5.41) is 17.2. The Labute approximate surface area is 158 Å². The lowest BCUT2D eigenvalue weighted by atomic mass is 10.2. The molecule has 0 unspecified atom stereocenters. The van der Waals surface area contributed by atoms with Crippen LogP contribution in [0.25, 0.3) is 0 Å². The van der Waals surface area contributed by atoms with Gasteiger partial charge in [0.25, 0.3) is 5.69 Å². The summed E-state index contributed by atoms with van der Waals surface area (Å²) in [6.45, 7) is 3.63. The number of ether oxygens (including phenoxy) is 2. The van der Waals surface area contributed by atoms with Crippen molar-refractivity contribution in [3.8, 4) is 11.5 Å². The minimum Gasteiger partial charge on any atom is -0.497 e. The molecule has 2 rings (SSSR count). The molecule has 0 fully saturated rings. The molecule has 0 radical (unpaired) electrons. The molecule has 2 aromatic rings. The number of benzene rings is 2. The molecule has 144 valence electrons. The summed E-state index contributed by atoms with van der Waals surface area (Å²) in [6.07, 6.45) is 0. The summed E-state index contributed by atoms with van der Waals surface area (Å²) >= 11 is 0. The molecule has 0 aliphatic carbocycles. The number of aliphatic imine (C=N–C) groups is 1. The first-order valence-corrected chi connectivity index (χ1v) is 8.53. The number of nitrogens with one attached hydrogen (secondary N) is 2. The first-order valence-electron chi connectivity index (χ1n) is 8.53. The van der Waals surface area contributed by atoms with E-state index in [0.717, 1.165) is 22.6 Å². The van der Waals surface area contributed by atoms with Crippen LogP contribution in [0.1, 0.15) is 18.1 Å². The van der Waals surface area contributed by atoms with Gasteiger partial charge in [-0.15, -0.1) is 0 Å². The third-order valence-electron chi connectivity index (χ3n) is 3.85. The highest BCUT2D eigenvalue weighted by Gasteiger charge is 2.07. The van der Waals surface area contributed by atoms with Crippen LogP contribution in [-0.4, -0.2) is 31.6 Å². The van der Waals surface area contributed by atoms with Gasteiger partial charge in [-0.3, -0.25) is 10.1 Å². The quantitative estimate of drug-likeness (QED) is 0.320. The van der Waals surface area contributed by atoms with Crippen LogP contribution in [0.2, 0.25) is 0 Å². The van der Waals surface area contributed by atoms with Gasteiger partial charge in [-0.25, -0.2) is 4.99 Å². The number of guanidine groups is 1. The van der Waals surface area contributed by atoms with E-state index in [1.54, 1.807) is 26.4 Å². The third-order valence-corrected chi connectivity index (χ3v) is 3.85. The molecule has 0 atom stereocenters. The topological polar surface area (TPSA) is 98.0 Å². The van der Waals surface area contributed by atoms with E-state index in [9.17, 15) is 10.1 Å². The summed E-state index contributed by atoms with van der Waals surface area (Å²) in [4.78, 5) is 14.8. The lowest BCUT2D eigenvalue weighted by Gasteiger charge is -2.14. The smallest absolute Gasteiger partial charge is 0.269 e. The van der Waals surface area contributed by atoms with Gasteiger partial charge >= 0.3 is 0 Å². The van der Waals surface area contributed by atoms with E-state index in [0.29, 0.717) is 25.6 Å². The van der Waals surface area contributed by atoms with E-state index in [2.05, 4.69) is 15.6 Å². The maximum atomic E-state index is 10.7. The largest absolute Gasteiger partial charge is 0.497 e. The average Bonchev–Trinajstić information content (AvgIpc) is 2.70. The highest BCUT2D eigenvalue weighted by molar-refractivity contribution is 5.79. The highest BCUT2D eigenvalue weighted by atomic mass is 16.6. The van der Waals surface area contributed by atoms with E-state index in [1.807, 2.05) is 25.1 Å². The molecule has 8 nitrogen and oxygen atoms in total. The molecule has 0 saturated carbocycles. The van der Waals surface area contributed by atoms with Gasteiger partial charge < -0.3 is 20.1 Å². The van der Waals surface area contributed by atoms with E-state index in [4.69, 9.17) is 9.47 Å². The van der Waals surface area contributed by atoms with Crippen LogP contribution in [0.15, 0.2) is 47.5 Å². The van der Waals surface area contributed by atoms with Gasteiger partial charge in [0.15, 0.2) is 5.96 Å². The Bertz CT molecular complexity index is 791. The summed E-state index contributed by atoms with van der Waals surface area (Å²) in [6, 6.07) is 12.0. The van der Waals surface area contributed by atoms with Gasteiger partial charge in [0.05, 0.1) is 25.7 Å². The summed E-state index contributed by atoms with van der Waals surface area (Å²) < 4.78 is 10.6. The van der Waals surface area contributed by atoms with Gasteiger partial charge in [-0.2, -0.15) is 0 Å². The molecule has 0 aliphatic heterocycles. The van der Waals surface area contributed by atoms with Crippen molar-refractivity contribution in [3.05, 3.63) is 63.7 Å². The Morgan fingerprint density at radius 3 is 2.44 bits per heavy atom. The number of non-ortho nitro benzene ring substituents is 1. The lowest BCUT2D eigenvalue weighted by Crippen LogP contribution is -2.36. The van der Waals surface area contributed by atoms with Crippen LogP contribution in [0.5, 0.6) is 11.5 Å². The average molecular weight is 372 g/mol. The van der Waals surface area contributed by atoms with Crippen LogP contribution in [0, 0.1) is 10.1 Å². The molecule has 0 heterocycles. The van der Waals surface area contributed by atoms with Crippen molar-refractivity contribution in [2.75, 3.05) is 20.8 Å². The first kappa shape index (κ1) is 20.0. The van der Waals surface area contributed by atoms with Crippen LogP contribution >= 0.6 is 0 Å². The molecular weight excluding hydrogens is 348 g/mol. The predicted octanol–water partition coefficient (Wildman–Crippen LogP) is 2.87. The van der Waals surface area contributed by atoms with E-state index >= 15 is 0 Å². The SMILES string of the molecule is CCNC(=NCc1ccc([N+](=O)[O-])cc1)NCc1ccc(OC)cc1OC. The minimum absolute atomic E-state index is 0.0689. The molecule has 0 amide bonds. The molecule has 2 N–H and O–H groups in total. The molecule has 0 bridgehead atoms. The lowest BCUT2D eigenvalue weighted by molar-refractivity contribution is -0.384. The zero-order valence-electron chi connectivity index (χ0n) is 15.7. The Hall–Kier alpha value is -3.29. The number of hydrogen-bond donors (Lipinski definition) is 2. The van der Waals surface area contributed by atoms with Gasteiger partial charge in [0.2, 0.25) is 0 Å². The fourth-order valence-electron chi connectivity index (χ4n) is 2.41. The van der Waals surface area contributed by atoms with Gasteiger partial charge in [0, 0.05) is 36.9 Å². The highest BCUT2D eigenvalue weighted by Crippen LogP contribution is 2.24. The van der Waals surface area contributed by atoms with Crippen molar-refractivity contribution < 1.29 is 14.4 Å². The number of hydrogen-bond acceptors (Lipinski definition) is 5. The van der Waals surface area contributed by atoms with Crippen LogP contribution < -0.4 is 20.1 Å². The predicted molar refractivity (Wildman–Crippen MR) is 104 cm³/mol. The van der Waals surface area contributed by atoms with Gasteiger partial charge in [-0.1, -0.05) is 12.1 Å². The van der Waals surface area contributed by atoms with Crippen LogP contribution in [-0.2, 0) is 13.1 Å². The Morgan fingerprint density at radius 1 is 1.11 bits per heavy atom. The van der Waals surface area contributed by atoms with Gasteiger partial charge in [0.1, 0.15) is 11.5 Å². The number of methoxy groups -OCH3 is 2. The van der Waals surface area contributed by atoms with Crippen LogP contribution in [0.3, 0.4) is 0 Å². The first-order chi connectivity index (χ1) is 13.1. The zero-order valence-corrected chi connectivity index (χ0v) is 15.7. The van der Waals surface area contributed by atoms with Crippen molar-refractivity contribution in [3.63, 3.8) is 0 Å². The normalized spacial score (nSPS) is 11.0. The van der Waals surface area contributed by atoms with E-state index < -0.39 is 4.92 Å². The standard InChI is InChI=1S/C19H24N4O4/c1-4-20-19(21-12-14-5-8-16(9-6-14)23(24)25)22-13-15-7-10-17(26-2)11-18(15)27-3/h5-11H,4,12-13H2,1-3H3,(H2,20,21,22). The van der Waals surface area contributed by atoms with E-state index in [-0.39, 0.29) is 5.69 Å². The van der Waals surface area contributed by atoms with Crippen molar-refractivity contribution in [2.45, 2.75) is 20.0 Å². The Morgan fingerprint density at radius 2 is 1.85 bits per heavy atom. The van der Waals surface area contributed by atoms with Crippen molar-refractivity contribution >= 4 is 11.6 Å². The molecule has 0 aliphatic rings. The molecule has 0 spiro atoms. The Balaban J connectivity index is 2.04. The molecular formula is C19H24N4O4. The summed E-state index contributed by atoms with van der Waals surface area (Å²) in [5.41, 5.74) is 1.93. The molecule has 2 aromatic carbocycles. The molecule has 0 saturated heterocycles. The number of nitro groups is 1. The summed E-state index contributed by atoms with van der Waals surface area (Å²) in [7, 11) is 3.23. The number of nitrogens with zero attached hydrogens (tertiary/aromatic N) is 2. The molecule has 0 aromatic heterocycles. The molecule has 27 heavy (non-hydrogen) atoms. The van der Waals surface area contributed by atoms with Crippen molar-refractivity contribution in [1.29, 1.82) is 0 Å². The monoisotopic (exact) mass is 372 g/mol. The maximum Gasteiger partial charge on any atom is 0.269 e. The van der Waals surface area contributed by atoms with Crippen LogP contribution in [0.4, 0.5) is 5.69 Å². The number of nitro benzene ring substituents is 1. The zero-order chi connectivity index (χ0) is 19.6. The fourth-order valence-corrected chi connectivity index (χ4v) is 2.41. The second-order valence-electron chi connectivity index (χ2n) is 5.65. The second-order valence-corrected chi connectivity index (χ2v) is 5.65. The third kappa shape index (κ3) is 5.88. The maximum absolute atomic E-state index is 10.7. The summed E-state index contributed by atoms with van der Waals surface area (Å²) in [5.74, 6) is 2.11. The van der Waals surface area contributed by atoms with Gasteiger partial charge in [-0.05, 0) is 24.6 Å². The fraction of sp³-hybridized carbons (Fsp3) is 0.316. The van der Waals surface area contributed by atoms with E-state index in [1.165, 1.54) is 12.1 Å². The minimum atomic E-state index is -0.416.